The molecule has 0 unspecified atom stereocenters. The number of amides is 1. The first-order chi connectivity index (χ1) is 13.7. The third kappa shape index (κ3) is 3.79. The summed E-state index contributed by atoms with van der Waals surface area (Å²) < 4.78 is 10.6. The van der Waals surface area contributed by atoms with Crippen molar-refractivity contribution in [2.24, 2.45) is 0 Å². The van der Waals surface area contributed by atoms with Crippen LogP contribution in [0.3, 0.4) is 0 Å². The predicted molar refractivity (Wildman–Crippen MR) is 108 cm³/mol. The number of likely N-dealkylation sites (N-methyl/N-ethyl adjacent to an activating group) is 1. The lowest BCUT2D eigenvalue weighted by atomic mass is 10.2. The monoisotopic (exact) mass is 398 g/mol. The van der Waals surface area contributed by atoms with Crippen molar-refractivity contribution in [3.05, 3.63) is 41.3 Å². The predicted octanol–water partition coefficient (Wildman–Crippen LogP) is 3.25. The van der Waals surface area contributed by atoms with Gasteiger partial charge in [-0.3, -0.25) is 4.79 Å². The van der Waals surface area contributed by atoms with E-state index in [0.717, 1.165) is 48.9 Å². The number of carbonyl (C=O) groups excluding carboxylic acids is 1. The van der Waals surface area contributed by atoms with Crippen molar-refractivity contribution in [3.63, 3.8) is 0 Å². The molecule has 0 radical (unpaired) electrons. The van der Waals surface area contributed by atoms with Crippen molar-refractivity contribution >= 4 is 17.2 Å². The molecule has 1 aliphatic heterocycles. The summed E-state index contributed by atoms with van der Waals surface area (Å²) in [6, 6.07) is 11.2. The largest absolute Gasteiger partial charge is 0.497 e. The molecule has 146 valence electrons. The maximum atomic E-state index is 12.8. The number of ether oxygens (including phenoxy) is 1. The molecule has 8 heteroatoms. The third-order valence-corrected chi connectivity index (χ3v) is 5.98. The van der Waals surface area contributed by atoms with Crippen LogP contribution in [-0.4, -0.2) is 65.7 Å². The summed E-state index contributed by atoms with van der Waals surface area (Å²) in [6.07, 6.45) is 0. The molecule has 1 aromatic carbocycles. The normalized spacial score (nSPS) is 15.0. The molecule has 3 aromatic rings. The molecule has 4 rings (SSSR count). The summed E-state index contributed by atoms with van der Waals surface area (Å²) in [6.45, 7) is 6.56. The maximum Gasteiger partial charge on any atom is 0.264 e. The summed E-state index contributed by atoms with van der Waals surface area (Å²) in [5.74, 6) is 1.77. The van der Waals surface area contributed by atoms with Gasteiger partial charge in [0.05, 0.1) is 16.9 Å². The quantitative estimate of drug-likeness (QED) is 0.657. The number of piperazine rings is 1. The average Bonchev–Trinajstić information content (AvgIpc) is 3.43. The molecule has 1 fully saturated rings. The van der Waals surface area contributed by atoms with Crippen LogP contribution in [-0.2, 0) is 0 Å². The minimum absolute atomic E-state index is 0.0749. The van der Waals surface area contributed by atoms with Gasteiger partial charge in [0.25, 0.3) is 11.8 Å². The van der Waals surface area contributed by atoms with E-state index in [2.05, 4.69) is 22.0 Å². The van der Waals surface area contributed by atoms with E-state index >= 15 is 0 Å². The third-order valence-electron chi connectivity index (χ3n) is 4.91. The van der Waals surface area contributed by atoms with E-state index in [0.29, 0.717) is 16.6 Å². The van der Waals surface area contributed by atoms with Gasteiger partial charge >= 0.3 is 0 Å². The molecule has 0 atom stereocenters. The molecule has 1 aliphatic rings. The zero-order valence-corrected chi connectivity index (χ0v) is 16.7. The first-order valence-corrected chi connectivity index (χ1v) is 10.1. The lowest BCUT2D eigenvalue weighted by Gasteiger charge is -2.33. The second-order valence-corrected chi connectivity index (χ2v) is 7.63. The number of benzene rings is 1. The standard InChI is InChI=1S/C20H22N4O3S/c1-3-23-10-12-24(13-11-23)20(25)17-9-8-16(28-17)18-21-19(27-22-18)14-4-6-15(26-2)7-5-14/h4-9H,3,10-13H2,1-2H3. The highest BCUT2D eigenvalue weighted by atomic mass is 32.1. The van der Waals surface area contributed by atoms with E-state index in [1.54, 1.807) is 7.11 Å². The fourth-order valence-electron chi connectivity index (χ4n) is 3.17. The van der Waals surface area contributed by atoms with Gasteiger partial charge in [0.15, 0.2) is 0 Å². The van der Waals surface area contributed by atoms with Gasteiger partial charge in [0.1, 0.15) is 5.75 Å². The highest BCUT2D eigenvalue weighted by molar-refractivity contribution is 7.17. The van der Waals surface area contributed by atoms with Crippen LogP contribution in [0, 0.1) is 0 Å². The van der Waals surface area contributed by atoms with Crippen LogP contribution < -0.4 is 4.74 Å². The molecule has 0 spiro atoms. The molecule has 0 saturated carbocycles. The Balaban J connectivity index is 1.47. The smallest absolute Gasteiger partial charge is 0.264 e. The van der Waals surface area contributed by atoms with E-state index in [1.807, 2.05) is 41.3 Å². The Morgan fingerprint density at radius 3 is 2.57 bits per heavy atom. The van der Waals surface area contributed by atoms with E-state index in [-0.39, 0.29) is 5.91 Å². The summed E-state index contributed by atoms with van der Waals surface area (Å²) in [5, 5.41) is 4.07. The Morgan fingerprint density at radius 1 is 1.14 bits per heavy atom. The fourth-order valence-corrected chi connectivity index (χ4v) is 4.07. The van der Waals surface area contributed by atoms with Crippen LogP contribution in [0.25, 0.3) is 22.2 Å². The number of carbonyl (C=O) groups is 1. The number of rotatable bonds is 5. The van der Waals surface area contributed by atoms with Crippen molar-refractivity contribution in [1.29, 1.82) is 0 Å². The van der Waals surface area contributed by atoms with Gasteiger partial charge in [-0.05, 0) is 42.9 Å². The Labute approximate surface area is 167 Å². The molecule has 2 aromatic heterocycles. The molecule has 28 heavy (non-hydrogen) atoms. The van der Waals surface area contributed by atoms with E-state index in [1.165, 1.54) is 11.3 Å². The number of hydrogen-bond acceptors (Lipinski definition) is 7. The van der Waals surface area contributed by atoms with Gasteiger partial charge in [0.2, 0.25) is 5.82 Å². The minimum Gasteiger partial charge on any atom is -0.497 e. The average molecular weight is 398 g/mol. The summed E-state index contributed by atoms with van der Waals surface area (Å²) in [7, 11) is 1.62. The molecule has 0 aliphatic carbocycles. The van der Waals surface area contributed by atoms with Crippen LogP contribution in [0.4, 0.5) is 0 Å². The Hall–Kier alpha value is -2.71. The van der Waals surface area contributed by atoms with Crippen molar-refractivity contribution in [2.75, 3.05) is 39.8 Å². The van der Waals surface area contributed by atoms with Gasteiger partial charge in [-0.25, -0.2) is 0 Å². The Morgan fingerprint density at radius 2 is 1.89 bits per heavy atom. The summed E-state index contributed by atoms with van der Waals surface area (Å²) in [4.78, 5) is 23.0. The molecular formula is C20H22N4O3S. The molecule has 7 nitrogen and oxygen atoms in total. The molecule has 0 N–H and O–H groups in total. The molecular weight excluding hydrogens is 376 g/mol. The molecule has 3 heterocycles. The summed E-state index contributed by atoms with van der Waals surface area (Å²) >= 11 is 1.40. The van der Waals surface area contributed by atoms with Gasteiger partial charge < -0.3 is 19.1 Å². The van der Waals surface area contributed by atoms with Gasteiger partial charge in [-0.1, -0.05) is 12.1 Å². The molecule has 0 bridgehead atoms. The van der Waals surface area contributed by atoms with Gasteiger partial charge in [-0.15, -0.1) is 11.3 Å². The molecule has 1 amide bonds. The van der Waals surface area contributed by atoms with Crippen molar-refractivity contribution in [1.82, 2.24) is 19.9 Å². The van der Waals surface area contributed by atoms with E-state index in [4.69, 9.17) is 9.26 Å². The minimum atomic E-state index is 0.0749. The van der Waals surface area contributed by atoms with Crippen LogP contribution in [0.2, 0.25) is 0 Å². The van der Waals surface area contributed by atoms with Gasteiger partial charge in [-0.2, -0.15) is 4.98 Å². The van der Waals surface area contributed by atoms with Crippen LogP contribution in [0.15, 0.2) is 40.9 Å². The maximum absolute atomic E-state index is 12.8. The zero-order valence-electron chi connectivity index (χ0n) is 15.9. The SMILES string of the molecule is CCN1CCN(C(=O)c2ccc(-c3noc(-c4ccc(OC)cc4)n3)s2)CC1. The highest BCUT2D eigenvalue weighted by Gasteiger charge is 2.23. The van der Waals surface area contributed by atoms with E-state index < -0.39 is 0 Å². The lowest BCUT2D eigenvalue weighted by molar-refractivity contribution is 0.0648. The number of aromatic nitrogens is 2. The number of hydrogen-bond donors (Lipinski definition) is 0. The molecule has 1 saturated heterocycles. The fraction of sp³-hybridized carbons (Fsp3) is 0.350. The van der Waals surface area contributed by atoms with Crippen LogP contribution in [0.5, 0.6) is 5.75 Å². The Kier molecular flexibility index (Phi) is 5.40. The van der Waals surface area contributed by atoms with Crippen molar-refractivity contribution < 1.29 is 14.1 Å². The topological polar surface area (TPSA) is 71.7 Å². The van der Waals surface area contributed by atoms with Crippen molar-refractivity contribution in [3.8, 4) is 27.9 Å². The number of methoxy groups -OCH3 is 1. The van der Waals surface area contributed by atoms with Crippen LogP contribution >= 0.6 is 11.3 Å². The second-order valence-electron chi connectivity index (χ2n) is 6.54. The first kappa shape index (κ1) is 18.6. The Bertz CT molecular complexity index is 943. The first-order valence-electron chi connectivity index (χ1n) is 9.28. The van der Waals surface area contributed by atoms with E-state index in [9.17, 15) is 4.79 Å². The van der Waals surface area contributed by atoms with Crippen molar-refractivity contribution in [2.45, 2.75) is 6.92 Å². The van der Waals surface area contributed by atoms with Gasteiger partial charge in [0, 0.05) is 31.7 Å². The number of thiophene rings is 1. The second kappa shape index (κ2) is 8.12. The van der Waals surface area contributed by atoms with Crippen LogP contribution in [0.1, 0.15) is 16.6 Å². The summed E-state index contributed by atoms with van der Waals surface area (Å²) in [5.41, 5.74) is 0.821. The number of nitrogens with zero attached hydrogens (tertiary/aromatic N) is 4. The zero-order chi connectivity index (χ0) is 19.5. The lowest BCUT2D eigenvalue weighted by Crippen LogP contribution is -2.48. The highest BCUT2D eigenvalue weighted by Crippen LogP contribution is 2.29.